The van der Waals surface area contributed by atoms with Crippen molar-refractivity contribution in [3.05, 3.63) is 53.9 Å². The highest BCUT2D eigenvalue weighted by Gasteiger charge is 2.28. The normalized spacial score (nSPS) is 14.7. The maximum Gasteiger partial charge on any atom is 0.316 e. The molecule has 144 valence electrons. The van der Waals surface area contributed by atoms with Gasteiger partial charge < -0.3 is 20.7 Å². The SMILES string of the molecule is CC(F)(F)c1cc(N/C=C(\N)COc2ncc(N3CCC3)cn2)ccc1F. The summed E-state index contributed by atoms with van der Waals surface area (Å²) in [6, 6.07) is 3.54. The fraction of sp³-hybridized carbons (Fsp3) is 0.333. The zero-order valence-corrected chi connectivity index (χ0v) is 14.8. The molecule has 0 amide bonds. The Hall–Kier alpha value is -2.97. The molecule has 0 atom stereocenters. The fourth-order valence-electron chi connectivity index (χ4n) is 2.44. The molecule has 1 fully saturated rings. The van der Waals surface area contributed by atoms with Gasteiger partial charge in [-0.15, -0.1) is 0 Å². The number of hydrogen-bond donors (Lipinski definition) is 2. The van der Waals surface area contributed by atoms with Crippen molar-refractivity contribution in [2.24, 2.45) is 5.73 Å². The van der Waals surface area contributed by atoms with Crippen LogP contribution in [0.25, 0.3) is 0 Å². The van der Waals surface area contributed by atoms with Crippen molar-refractivity contribution >= 4 is 11.4 Å². The summed E-state index contributed by atoms with van der Waals surface area (Å²) in [5.41, 5.74) is 6.65. The van der Waals surface area contributed by atoms with E-state index < -0.39 is 17.3 Å². The summed E-state index contributed by atoms with van der Waals surface area (Å²) in [5.74, 6) is -4.24. The lowest BCUT2D eigenvalue weighted by Gasteiger charge is -2.32. The van der Waals surface area contributed by atoms with Crippen LogP contribution in [0.4, 0.5) is 24.5 Å². The lowest BCUT2D eigenvalue weighted by molar-refractivity contribution is 0.0138. The third-order valence-electron chi connectivity index (χ3n) is 4.07. The summed E-state index contributed by atoms with van der Waals surface area (Å²) >= 11 is 0. The van der Waals surface area contributed by atoms with Gasteiger partial charge in [0.15, 0.2) is 0 Å². The Labute approximate surface area is 154 Å². The molecule has 2 heterocycles. The van der Waals surface area contributed by atoms with E-state index in [4.69, 9.17) is 10.5 Å². The first kappa shape index (κ1) is 18.8. The van der Waals surface area contributed by atoms with Gasteiger partial charge in [-0.05, 0) is 24.6 Å². The van der Waals surface area contributed by atoms with E-state index in [0.717, 1.165) is 37.3 Å². The van der Waals surface area contributed by atoms with Crippen LogP contribution in [0, 0.1) is 5.82 Å². The molecule has 1 aliphatic heterocycles. The molecular formula is C18H20F3N5O. The van der Waals surface area contributed by atoms with Crippen LogP contribution in [0.3, 0.4) is 0 Å². The number of nitrogens with one attached hydrogen (secondary N) is 1. The molecule has 9 heteroatoms. The molecule has 0 spiro atoms. The highest BCUT2D eigenvalue weighted by atomic mass is 19.3. The van der Waals surface area contributed by atoms with Crippen LogP contribution in [0.1, 0.15) is 18.9 Å². The smallest absolute Gasteiger partial charge is 0.316 e. The lowest BCUT2D eigenvalue weighted by atomic mass is 10.1. The molecule has 0 bridgehead atoms. The number of aromatic nitrogens is 2. The van der Waals surface area contributed by atoms with Gasteiger partial charge in [-0.3, -0.25) is 0 Å². The lowest BCUT2D eigenvalue weighted by Crippen LogP contribution is -2.37. The quantitative estimate of drug-likeness (QED) is 0.769. The molecule has 1 aromatic heterocycles. The molecule has 0 radical (unpaired) electrons. The van der Waals surface area contributed by atoms with Gasteiger partial charge in [-0.25, -0.2) is 23.1 Å². The van der Waals surface area contributed by atoms with Crippen LogP contribution in [0.15, 0.2) is 42.5 Å². The average Bonchev–Trinajstić information content (AvgIpc) is 2.58. The maximum absolute atomic E-state index is 13.5. The number of alkyl halides is 2. The van der Waals surface area contributed by atoms with E-state index in [2.05, 4.69) is 20.2 Å². The standard InChI is InChI=1S/C18H20F3N5O/c1-18(20,21)15-7-13(3-4-16(15)19)23-8-12(22)11-27-17-24-9-14(10-25-17)26-5-2-6-26/h3-4,7-10,23H,2,5-6,11,22H2,1H3/b12-8-. The van der Waals surface area contributed by atoms with Crippen LogP contribution in [0.5, 0.6) is 6.01 Å². The highest BCUT2D eigenvalue weighted by Crippen LogP contribution is 2.31. The molecule has 27 heavy (non-hydrogen) atoms. The Morgan fingerprint density at radius 3 is 2.63 bits per heavy atom. The van der Waals surface area contributed by atoms with Crippen LogP contribution >= 0.6 is 0 Å². The van der Waals surface area contributed by atoms with Gasteiger partial charge in [0, 0.05) is 31.9 Å². The van der Waals surface area contributed by atoms with Crippen molar-refractivity contribution < 1.29 is 17.9 Å². The minimum Gasteiger partial charge on any atom is -0.457 e. The Morgan fingerprint density at radius 2 is 2.04 bits per heavy atom. The summed E-state index contributed by atoms with van der Waals surface area (Å²) < 4.78 is 45.6. The van der Waals surface area contributed by atoms with E-state index >= 15 is 0 Å². The van der Waals surface area contributed by atoms with E-state index in [9.17, 15) is 13.2 Å². The topological polar surface area (TPSA) is 76.3 Å². The van der Waals surface area contributed by atoms with E-state index in [1.807, 2.05) is 0 Å². The number of ether oxygens (including phenoxy) is 1. The van der Waals surface area contributed by atoms with Crippen molar-refractivity contribution in [3.8, 4) is 6.01 Å². The second-order valence-corrected chi connectivity index (χ2v) is 6.30. The van der Waals surface area contributed by atoms with Crippen molar-refractivity contribution in [1.29, 1.82) is 0 Å². The molecule has 0 saturated carbocycles. The van der Waals surface area contributed by atoms with Gasteiger partial charge in [-0.1, -0.05) is 0 Å². The molecule has 1 aliphatic rings. The first-order chi connectivity index (χ1) is 12.8. The molecule has 1 saturated heterocycles. The first-order valence-electron chi connectivity index (χ1n) is 8.41. The van der Waals surface area contributed by atoms with E-state index in [0.29, 0.717) is 12.6 Å². The number of halogens is 3. The zero-order chi connectivity index (χ0) is 19.4. The minimum absolute atomic E-state index is 0.00799. The summed E-state index contributed by atoms with van der Waals surface area (Å²) in [6.07, 6.45) is 5.92. The predicted molar refractivity (Wildman–Crippen MR) is 96.2 cm³/mol. The van der Waals surface area contributed by atoms with Crippen LogP contribution in [0.2, 0.25) is 0 Å². The Kier molecular flexibility index (Phi) is 5.38. The molecule has 1 aromatic carbocycles. The predicted octanol–water partition coefficient (Wildman–Crippen LogP) is 3.23. The number of benzene rings is 1. The van der Waals surface area contributed by atoms with Gasteiger partial charge >= 0.3 is 6.01 Å². The molecular weight excluding hydrogens is 359 g/mol. The number of anilines is 2. The molecule has 3 rings (SSSR count). The van der Waals surface area contributed by atoms with E-state index in [-0.39, 0.29) is 18.3 Å². The van der Waals surface area contributed by atoms with Gasteiger partial charge in [0.1, 0.15) is 12.4 Å². The van der Waals surface area contributed by atoms with Gasteiger partial charge in [0.05, 0.1) is 29.3 Å². The van der Waals surface area contributed by atoms with Crippen molar-refractivity contribution in [2.75, 3.05) is 29.9 Å². The van der Waals surface area contributed by atoms with Gasteiger partial charge in [-0.2, -0.15) is 0 Å². The average molecular weight is 379 g/mol. The summed E-state index contributed by atoms with van der Waals surface area (Å²) in [5, 5.41) is 2.75. The van der Waals surface area contributed by atoms with Gasteiger partial charge in [0.25, 0.3) is 5.92 Å². The summed E-state index contributed by atoms with van der Waals surface area (Å²) in [7, 11) is 0. The van der Waals surface area contributed by atoms with E-state index in [1.54, 1.807) is 12.4 Å². The number of hydrogen-bond acceptors (Lipinski definition) is 6. The molecule has 0 unspecified atom stereocenters. The Balaban J connectivity index is 1.55. The van der Waals surface area contributed by atoms with E-state index in [1.165, 1.54) is 12.3 Å². The number of rotatable bonds is 7. The minimum atomic E-state index is -3.28. The fourth-order valence-corrected chi connectivity index (χ4v) is 2.44. The monoisotopic (exact) mass is 379 g/mol. The van der Waals surface area contributed by atoms with Crippen LogP contribution in [-0.4, -0.2) is 29.7 Å². The second-order valence-electron chi connectivity index (χ2n) is 6.30. The van der Waals surface area contributed by atoms with Crippen molar-refractivity contribution in [3.63, 3.8) is 0 Å². The third kappa shape index (κ3) is 4.81. The Bertz CT molecular complexity index is 817. The van der Waals surface area contributed by atoms with Crippen LogP contribution in [-0.2, 0) is 5.92 Å². The third-order valence-corrected chi connectivity index (χ3v) is 4.07. The second kappa shape index (κ2) is 7.73. The maximum atomic E-state index is 13.5. The summed E-state index contributed by atoms with van der Waals surface area (Å²) in [4.78, 5) is 10.4. The molecule has 3 N–H and O–H groups in total. The van der Waals surface area contributed by atoms with Crippen molar-refractivity contribution in [1.82, 2.24) is 9.97 Å². The largest absolute Gasteiger partial charge is 0.457 e. The zero-order valence-electron chi connectivity index (χ0n) is 14.8. The molecule has 6 nitrogen and oxygen atoms in total. The summed E-state index contributed by atoms with van der Waals surface area (Å²) in [6.45, 7) is 2.65. The first-order valence-corrected chi connectivity index (χ1v) is 8.41. The Morgan fingerprint density at radius 1 is 1.33 bits per heavy atom. The molecule has 2 aromatic rings. The molecule has 0 aliphatic carbocycles. The van der Waals surface area contributed by atoms with Crippen molar-refractivity contribution in [2.45, 2.75) is 19.3 Å². The number of nitrogens with zero attached hydrogens (tertiary/aromatic N) is 3. The van der Waals surface area contributed by atoms with Crippen LogP contribution < -0.4 is 20.7 Å². The number of nitrogens with two attached hydrogens (primary N) is 1. The van der Waals surface area contributed by atoms with Gasteiger partial charge in [0.2, 0.25) is 0 Å². The highest BCUT2D eigenvalue weighted by molar-refractivity contribution is 5.49.